The van der Waals surface area contributed by atoms with Gasteiger partial charge >= 0.3 is 0 Å². The first-order valence-corrected chi connectivity index (χ1v) is 8.15. The van der Waals surface area contributed by atoms with E-state index in [0.29, 0.717) is 5.56 Å². The minimum absolute atomic E-state index is 0.0805. The molecule has 2 aromatic carbocycles. The Labute approximate surface area is 151 Å². The predicted molar refractivity (Wildman–Crippen MR) is 98.5 cm³/mol. The van der Waals surface area contributed by atoms with Crippen LogP contribution in [-0.4, -0.2) is 22.0 Å². The van der Waals surface area contributed by atoms with Crippen LogP contribution in [0.1, 0.15) is 11.1 Å². The maximum absolute atomic E-state index is 12.0. The zero-order valence-corrected chi connectivity index (χ0v) is 14.5. The number of rotatable bonds is 5. The van der Waals surface area contributed by atoms with Crippen molar-refractivity contribution in [3.8, 4) is 0 Å². The molecule has 25 heavy (non-hydrogen) atoms. The van der Waals surface area contributed by atoms with Gasteiger partial charge in [0.05, 0.1) is 17.6 Å². The second kappa shape index (κ2) is 7.27. The van der Waals surface area contributed by atoms with Crippen molar-refractivity contribution in [3.63, 3.8) is 0 Å². The lowest BCUT2D eigenvalue weighted by Crippen LogP contribution is -2.20. The number of aromatic amines is 1. The summed E-state index contributed by atoms with van der Waals surface area (Å²) in [6.45, 7) is 0. The summed E-state index contributed by atoms with van der Waals surface area (Å²) < 4.78 is 0.940. The van der Waals surface area contributed by atoms with Gasteiger partial charge < -0.3 is 4.98 Å². The Bertz CT molecular complexity index is 981. The summed E-state index contributed by atoms with van der Waals surface area (Å²) >= 11 is 3.41. The molecule has 0 atom stereocenters. The van der Waals surface area contributed by atoms with Crippen molar-refractivity contribution >= 4 is 44.6 Å². The van der Waals surface area contributed by atoms with Crippen LogP contribution in [0.15, 0.2) is 58.2 Å². The molecule has 2 N–H and O–H groups in total. The molecule has 0 spiro atoms. The van der Waals surface area contributed by atoms with Gasteiger partial charge in [-0.25, -0.2) is 5.43 Å². The van der Waals surface area contributed by atoms with E-state index >= 15 is 0 Å². The van der Waals surface area contributed by atoms with E-state index < -0.39 is 10.8 Å². The number of carbonyl (C=O) groups excluding carboxylic acids is 1. The first-order chi connectivity index (χ1) is 12.0. The van der Waals surface area contributed by atoms with Crippen LogP contribution in [0.25, 0.3) is 10.9 Å². The predicted octanol–water partition coefficient (Wildman–Crippen LogP) is 3.53. The van der Waals surface area contributed by atoms with Crippen molar-refractivity contribution in [1.29, 1.82) is 0 Å². The SMILES string of the molecule is O=C(Cc1ccccc1[N+](=O)[O-])NN=Cc1c[nH]c2ccc(Br)cc12. The minimum Gasteiger partial charge on any atom is -0.361 e. The summed E-state index contributed by atoms with van der Waals surface area (Å²) in [5.41, 5.74) is 4.44. The van der Waals surface area contributed by atoms with E-state index in [-0.39, 0.29) is 12.1 Å². The Morgan fingerprint density at radius 2 is 2.12 bits per heavy atom. The molecule has 126 valence electrons. The number of para-hydroxylation sites is 1. The maximum Gasteiger partial charge on any atom is 0.273 e. The highest BCUT2D eigenvalue weighted by Gasteiger charge is 2.15. The number of nitro benzene ring substituents is 1. The van der Waals surface area contributed by atoms with Gasteiger partial charge in [-0.1, -0.05) is 34.1 Å². The normalized spacial score (nSPS) is 11.1. The van der Waals surface area contributed by atoms with E-state index in [4.69, 9.17) is 0 Å². The zero-order valence-electron chi connectivity index (χ0n) is 12.9. The molecule has 0 saturated heterocycles. The summed E-state index contributed by atoms with van der Waals surface area (Å²) in [6, 6.07) is 11.9. The van der Waals surface area contributed by atoms with Crippen molar-refractivity contribution < 1.29 is 9.72 Å². The number of nitrogens with zero attached hydrogens (tertiary/aromatic N) is 2. The van der Waals surface area contributed by atoms with E-state index in [0.717, 1.165) is 20.9 Å². The minimum atomic E-state index is -0.504. The fourth-order valence-corrected chi connectivity index (χ4v) is 2.81. The topological polar surface area (TPSA) is 100 Å². The number of nitrogens with one attached hydrogen (secondary N) is 2. The number of halogens is 1. The lowest BCUT2D eigenvalue weighted by Gasteiger charge is -2.01. The first-order valence-electron chi connectivity index (χ1n) is 7.35. The van der Waals surface area contributed by atoms with E-state index in [2.05, 4.69) is 31.4 Å². The Kier molecular flexibility index (Phi) is 4.90. The van der Waals surface area contributed by atoms with Crippen LogP contribution in [0.5, 0.6) is 0 Å². The molecule has 7 nitrogen and oxygen atoms in total. The number of fused-ring (bicyclic) bond motifs is 1. The number of hydrogen-bond donors (Lipinski definition) is 2. The number of carbonyl (C=O) groups is 1. The highest BCUT2D eigenvalue weighted by Crippen LogP contribution is 2.21. The number of nitro groups is 1. The highest BCUT2D eigenvalue weighted by atomic mass is 79.9. The van der Waals surface area contributed by atoms with Crippen molar-refractivity contribution in [3.05, 3.63) is 74.4 Å². The highest BCUT2D eigenvalue weighted by molar-refractivity contribution is 9.10. The Hall–Kier alpha value is -3.00. The number of aromatic nitrogens is 1. The van der Waals surface area contributed by atoms with E-state index in [1.165, 1.54) is 12.3 Å². The molecule has 0 fully saturated rings. The largest absolute Gasteiger partial charge is 0.361 e. The van der Waals surface area contributed by atoms with Crippen LogP contribution in [0, 0.1) is 10.1 Å². The number of H-pyrrole nitrogens is 1. The molecule has 3 rings (SSSR count). The fourth-order valence-electron chi connectivity index (χ4n) is 2.45. The fraction of sp³-hybridized carbons (Fsp3) is 0.0588. The van der Waals surface area contributed by atoms with Crippen LogP contribution in [0.3, 0.4) is 0 Å². The molecular weight excluding hydrogens is 388 g/mol. The van der Waals surface area contributed by atoms with Gasteiger partial charge in [0.1, 0.15) is 0 Å². The molecule has 8 heteroatoms. The van der Waals surface area contributed by atoms with Crippen LogP contribution in [-0.2, 0) is 11.2 Å². The summed E-state index contributed by atoms with van der Waals surface area (Å²) in [7, 11) is 0. The smallest absolute Gasteiger partial charge is 0.273 e. The van der Waals surface area contributed by atoms with Crippen molar-refractivity contribution in [2.75, 3.05) is 0 Å². The maximum atomic E-state index is 12.0. The Morgan fingerprint density at radius 1 is 1.32 bits per heavy atom. The van der Waals surface area contributed by atoms with E-state index in [1.807, 2.05) is 18.2 Å². The van der Waals surface area contributed by atoms with E-state index in [1.54, 1.807) is 24.4 Å². The number of amides is 1. The average molecular weight is 401 g/mol. The molecule has 1 heterocycles. The summed E-state index contributed by atoms with van der Waals surface area (Å²) in [5, 5.41) is 15.9. The van der Waals surface area contributed by atoms with Gasteiger partial charge in [-0.05, 0) is 18.2 Å². The van der Waals surface area contributed by atoms with Gasteiger partial charge in [-0.3, -0.25) is 14.9 Å². The molecule has 0 aliphatic heterocycles. The van der Waals surface area contributed by atoms with Crippen LogP contribution < -0.4 is 5.43 Å². The lowest BCUT2D eigenvalue weighted by atomic mass is 10.1. The number of hydrogen-bond acceptors (Lipinski definition) is 4. The molecule has 0 unspecified atom stereocenters. The quantitative estimate of drug-likeness (QED) is 0.389. The third-order valence-corrected chi connectivity index (χ3v) is 4.10. The number of benzene rings is 2. The average Bonchev–Trinajstić information content (AvgIpc) is 2.97. The van der Waals surface area contributed by atoms with Crippen LogP contribution in [0.2, 0.25) is 0 Å². The molecule has 0 aliphatic carbocycles. The standard InChI is InChI=1S/C17H13BrN4O3/c18-13-5-6-15-14(8-13)12(9-19-15)10-20-21-17(23)7-11-3-1-2-4-16(11)22(24)25/h1-6,8-10,19H,7H2,(H,21,23). The van der Waals surface area contributed by atoms with Crippen molar-refractivity contribution in [2.24, 2.45) is 5.10 Å². The molecule has 0 aliphatic rings. The summed E-state index contributed by atoms with van der Waals surface area (Å²) in [4.78, 5) is 25.5. The second-order valence-electron chi connectivity index (χ2n) is 5.29. The summed E-state index contributed by atoms with van der Waals surface area (Å²) in [5.74, 6) is -0.424. The first kappa shape index (κ1) is 16.8. The van der Waals surface area contributed by atoms with Gasteiger partial charge in [0.15, 0.2) is 0 Å². The van der Waals surface area contributed by atoms with Gasteiger partial charge in [0, 0.05) is 38.8 Å². The zero-order chi connectivity index (χ0) is 17.8. The molecule has 0 radical (unpaired) electrons. The third kappa shape index (κ3) is 3.92. The van der Waals surface area contributed by atoms with Crippen molar-refractivity contribution in [1.82, 2.24) is 10.4 Å². The van der Waals surface area contributed by atoms with Crippen LogP contribution >= 0.6 is 15.9 Å². The van der Waals surface area contributed by atoms with Crippen LogP contribution in [0.4, 0.5) is 5.69 Å². The molecule has 1 amide bonds. The Morgan fingerprint density at radius 3 is 2.92 bits per heavy atom. The van der Waals surface area contributed by atoms with Crippen molar-refractivity contribution in [2.45, 2.75) is 6.42 Å². The van der Waals surface area contributed by atoms with Gasteiger partial charge in [-0.2, -0.15) is 5.10 Å². The summed E-state index contributed by atoms with van der Waals surface area (Å²) in [6.07, 6.45) is 3.20. The third-order valence-electron chi connectivity index (χ3n) is 3.61. The molecular formula is C17H13BrN4O3. The van der Waals surface area contributed by atoms with Gasteiger partial charge in [0.25, 0.3) is 5.69 Å². The monoisotopic (exact) mass is 400 g/mol. The molecule has 0 bridgehead atoms. The number of hydrazone groups is 1. The van der Waals surface area contributed by atoms with Gasteiger partial charge in [0.2, 0.25) is 5.91 Å². The molecule has 1 aromatic heterocycles. The molecule has 3 aromatic rings. The lowest BCUT2D eigenvalue weighted by molar-refractivity contribution is -0.385. The molecule has 0 saturated carbocycles. The Balaban J connectivity index is 1.69. The van der Waals surface area contributed by atoms with E-state index in [9.17, 15) is 14.9 Å². The second-order valence-corrected chi connectivity index (χ2v) is 6.21. The van der Waals surface area contributed by atoms with Gasteiger partial charge in [-0.15, -0.1) is 0 Å².